The second kappa shape index (κ2) is 6.87. The van der Waals surface area contributed by atoms with E-state index in [1.807, 2.05) is 38.1 Å². The minimum absolute atomic E-state index is 0.0448. The maximum atomic E-state index is 13.0. The fraction of sp³-hybridized carbons (Fsp3) is 0.619. The molecule has 6 rings (SSSR count). The highest BCUT2D eigenvalue weighted by molar-refractivity contribution is 8.00. The third kappa shape index (κ3) is 3.34. The first-order valence-electron chi connectivity index (χ1n) is 10.3. The summed E-state index contributed by atoms with van der Waals surface area (Å²) in [4.78, 5) is 13.0. The number of carbonyl (C=O) groups excluding carboxylic acids is 1. The molecule has 4 aliphatic rings. The van der Waals surface area contributed by atoms with Gasteiger partial charge in [-0.05, 0) is 98.2 Å². The Labute approximate surface area is 169 Å². The number of amides is 1. The van der Waals surface area contributed by atoms with Gasteiger partial charge in [0.25, 0.3) is 0 Å². The summed E-state index contributed by atoms with van der Waals surface area (Å²) in [5.41, 5.74) is 2.11. The van der Waals surface area contributed by atoms with Gasteiger partial charge in [0.2, 0.25) is 11.1 Å². The Morgan fingerprint density at radius 1 is 1.21 bits per heavy atom. The highest BCUT2D eigenvalue weighted by Crippen LogP contribution is 2.55. The highest BCUT2D eigenvalue weighted by Gasteiger charge is 2.51. The van der Waals surface area contributed by atoms with E-state index in [-0.39, 0.29) is 16.7 Å². The van der Waals surface area contributed by atoms with Crippen molar-refractivity contribution in [2.24, 2.45) is 17.8 Å². The summed E-state index contributed by atoms with van der Waals surface area (Å²) in [6, 6.07) is 8.06. The lowest BCUT2D eigenvalue weighted by Crippen LogP contribution is -2.60. The van der Waals surface area contributed by atoms with Crippen molar-refractivity contribution in [3.05, 3.63) is 29.8 Å². The molecule has 148 valence electrons. The number of aromatic nitrogens is 4. The van der Waals surface area contributed by atoms with Crippen molar-refractivity contribution >= 4 is 17.7 Å². The molecule has 4 bridgehead atoms. The van der Waals surface area contributed by atoms with E-state index in [0.29, 0.717) is 5.16 Å². The van der Waals surface area contributed by atoms with Gasteiger partial charge in [-0.1, -0.05) is 23.9 Å². The Morgan fingerprint density at radius 3 is 2.54 bits per heavy atom. The summed E-state index contributed by atoms with van der Waals surface area (Å²) in [7, 11) is 0. The molecule has 4 fully saturated rings. The molecule has 4 aliphatic carbocycles. The molecule has 0 aliphatic heterocycles. The first-order valence-corrected chi connectivity index (χ1v) is 11.2. The minimum atomic E-state index is -0.234. The van der Waals surface area contributed by atoms with Gasteiger partial charge in [0.1, 0.15) is 0 Å². The summed E-state index contributed by atoms with van der Waals surface area (Å²) in [5, 5.41) is 16.0. The van der Waals surface area contributed by atoms with Gasteiger partial charge in [0, 0.05) is 5.54 Å². The molecule has 1 unspecified atom stereocenters. The number of rotatable bonds is 5. The van der Waals surface area contributed by atoms with Crippen LogP contribution in [-0.2, 0) is 4.79 Å². The molecule has 1 atom stereocenters. The third-order valence-corrected chi connectivity index (χ3v) is 7.80. The molecule has 4 saturated carbocycles. The van der Waals surface area contributed by atoms with Crippen molar-refractivity contribution in [2.75, 3.05) is 0 Å². The van der Waals surface area contributed by atoms with Gasteiger partial charge in [-0.15, -0.1) is 5.10 Å². The van der Waals surface area contributed by atoms with Gasteiger partial charge >= 0.3 is 0 Å². The number of carbonyl (C=O) groups is 1. The SMILES string of the molecule is Cc1cccc(-n2nnnc2SC(C)C(=O)NC23CC4CC(CC(C4)C2)C3)c1. The molecule has 1 N–H and O–H groups in total. The second-order valence-electron chi connectivity index (χ2n) is 9.16. The highest BCUT2D eigenvalue weighted by atomic mass is 32.2. The molecule has 1 aromatic carbocycles. The van der Waals surface area contributed by atoms with E-state index in [4.69, 9.17) is 0 Å². The number of hydrogen-bond donors (Lipinski definition) is 1. The summed E-state index contributed by atoms with van der Waals surface area (Å²) in [6.45, 7) is 4.00. The van der Waals surface area contributed by atoms with Crippen molar-refractivity contribution in [3.63, 3.8) is 0 Å². The summed E-state index contributed by atoms with van der Waals surface area (Å²) < 4.78 is 1.71. The first kappa shape index (κ1) is 18.2. The van der Waals surface area contributed by atoms with Crippen molar-refractivity contribution < 1.29 is 4.79 Å². The molecule has 1 amide bonds. The zero-order valence-electron chi connectivity index (χ0n) is 16.5. The molecular formula is C21H27N5OS. The quantitative estimate of drug-likeness (QED) is 0.782. The second-order valence-corrected chi connectivity index (χ2v) is 10.5. The molecule has 28 heavy (non-hydrogen) atoms. The van der Waals surface area contributed by atoms with Gasteiger partial charge in [-0.2, -0.15) is 4.68 Å². The van der Waals surface area contributed by atoms with Crippen molar-refractivity contribution in [3.8, 4) is 5.69 Å². The van der Waals surface area contributed by atoms with Crippen LogP contribution in [0.4, 0.5) is 0 Å². The van der Waals surface area contributed by atoms with Crippen molar-refractivity contribution in [1.29, 1.82) is 0 Å². The summed E-state index contributed by atoms with van der Waals surface area (Å²) >= 11 is 1.43. The van der Waals surface area contributed by atoms with Crippen LogP contribution in [0.3, 0.4) is 0 Å². The topological polar surface area (TPSA) is 72.7 Å². The van der Waals surface area contributed by atoms with Gasteiger partial charge in [-0.3, -0.25) is 4.79 Å². The number of tetrazole rings is 1. The molecule has 7 heteroatoms. The number of hydrogen-bond acceptors (Lipinski definition) is 5. The smallest absolute Gasteiger partial charge is 0.233 e. The fourth-order valence-corrected chi connectivity index (χ4v) is 6.82. The predicted octanol–water partition coefficient (Wildman–Crippen LogP) is 3.54. The van der Waals surface area contributed by atoms with Crippen LogP contribution in [-0.4, -0.2) is 36.9 Å². The maximum absolute atomic E-state index is 13.0. The molecule has 0 spiro atoms. The summed E-state index contributed by atoms with van der Waals surface area (Å²) in [6.07, 6.45) is 7.65. The predicted molar refractivity (Wildman–Crippen MR) is 108 cm³/mol. The Balaban J connectivity index is 1.28. The van der Waals surface area contributed by atoms with Gasteiger partial charge < -0.3 is 5.32 Å². The van der Waals surface area contributed by atoms with Crippen molar-refractivity contribution in [1.82, 2.24) is 25.5 Å². The molecule has 0 radical (unpaired) electrons. The lowest BCUT2D eigenvalue weighted by atomic mass is 9.53. The average Bonchev–Trinajstić information content (AvgIpc) is 3.08. The molecule has 1 aromatic heterocycles. The van der Waals surface area contributed by atoms with Gasteiger partial charge in [0.15, 0.2) is 0 Å². The average molecular weight is 398 g/mol. The van der Waals surface area contributed by atoms with Crippen LogP contribution < -0.4 is 5.32 Å². The van der Waals surface area contributed by atoms with Crippen molar-refractivity contribution in [2.45, 2.75) is 68.3 Å². The Kier molecular flexibility index (Phi) is 4.45. The van der Waals surface area contributed by atoms with E-state index in [0.717, 1.165) is 29.0 Å². The van der Waals surface area contributed by atoms with E-state index in [2.05, 4.69) is 20.8 Å². The maximum Gasteiger partial charge on any atom is 0.233 e. The van der Waals surface area contributed by atoms with Crippen LogP contribution in [0.1, 0.15) is 51.0 Å². The lowest BCUT2D eigenvalue weighted by molar-refractivity contribution is -0.126. The van der Waals surface area contributed by atoms with Crippen LogP contribution in [0.5, 0.6) is 0 Å². The summed E-state index contributed by atoms with van der Waals surface area (Å²) in [5.74, 6) is 2.58. The number of benzene rings is 1. The molecular weight excluding hydrogens is 370 g/mol. The lowest BCUT2D eigenvalue weighted by Gasteiger charge is -2.57. The normalized spacial score (nSPS) is 31.7. The number of thioether (sulfide) groups is 1. The number of nitrogens with one attached hydrogen (secondary N) is 1. The van der Waals surface area contributed by atoms with E-state index in [9.17, 15) is 4.79 Å². The third-order valence-electron chi connectivity index (χ3n) is 6.77. The van der Waals surface area contributed by atoms with Crippen LogP contribution >= 0.6 is 11.8 Å². The Bertz CT molecular complexity index is 859. The van der Waals surface area contributed by atoms with Crippen LogP contribution in [0.2, 0.25) is 0 Å². The van der Waals surface area contributed by atoms with Crippen LogP contribution in [0.25, 0.3) is 5.69 Å². The largest absolute Gasteiger partial charge is 0.350 e. The minimum Gasteiger partial charge on any atom is -0.350 e. The number of nitrogens with zero attached hydrogens (tertiary/aromatic N) is 4. The fourth-order valence-electron chi connectivity index (χ4n) is 6.01. The molecule has 6 nitrogen and oxygen atoms in total. The van der Waals surface area contributed by atoms with Gasteiger partial charge in [0.05, 0.1) is 10.9 Å². The molecule has 0 saturated heterocycles. The zero-order chi connectivity index (χ0) is 19.3. The van der Waals surface area contributed by atoms with E-state index < -0.39 is 0 Å². The van der Waals surface area contributed by atoms with Crippen LogP contribution in [0.15, 0.2) is 29.4 Å². The first-order chi connectivity index (χ1) is 13.5. The van der Waals surface area contributed by atoms with E-state index in [1.54, 1.807) is 4.68 Å². The molecule has 2 aromatic rings. The zero-order valence-corrected chi connectivity index (χ0v) is 17.3. The van der Waals surface area contributed by atoms with Crippen LogP contribution in [0, 0.1) is 24.7 Å². The number of aryl methyl sites for hydroxylation is 1. The Hall–Kier alpha value is -1.89. The Morgan fingerprint density at radius 2 is 1.89 bits per heavy atom. The van der Waals surface area contributed by atoms with E-state index >= 15 is 0 Å². The standard InChI is InChI=1S/C21H27N5OS/c1-13-4-3-5-18(6-13)26-20(23-24-25-26)28-14(2)19(27)22-21-10-15-7-16(11-21)9-17(8-15)12-21/h3-6,14-17H,7-12H2,1-2H3,(H,22,27). The molecule has 1 heterocycles. The monoisotopic (exact) mass is 397 g/mol. The van der Waals surface area contributed by atoms with Gasteiger partial charge in [-0.25, -0.2) is 0 Å². The van der Waals surface area contributed by atoms with E-state index in [1.165, 1.54) is 50.3 Å².